The minimum Gasteiger partial charge on any atom is -0.383 e. The first-order valence-corrected chi connectivity index (χ1v) is 17.0. The Kier molecular flexibility index (Phi) is 7.74. The summed E-state index contributed by atoms with van der Waals surface area (Å²) in [5.74, 6) is 1.02. The molecule has 3 heteroatoms. The fourth-order valence-electron chi connectivity index (χ4n) is 7.84. The fraction of sp³-hybridized carbons (Fsp3) is 0.0870. The van der Waals surface area contributed by atoms with Crippen LogP contribution < -0.4 is 5.73 Å². The predicted molar refractivity (Wildman–Crippen MR) is 206 cm³/mol. The Labute approximate surface area is 288 Å². The van der Waals surface area contributed by atoms with E-state index in [0.29, 0.717) is 18.1 Å². The van der Waals surface area contributed by atoms with Crippen LogP contribution in [0.1, 0.15) is 53.6 Å². The van der Waals surface area contributed by atoms with E-state index in [4.69, 9.17) is 15.7 Å². The van der Waals surface area contributed by atoms with Gasteiger partial charge in [-0.25, -0.2) is 9.98 Å². The molecule has 0 bridgehead atoms. The van der Waals surface area contributed by atoms with Gasteiger partial charge < -0.3 is 5.73 Å². The van der Waals surface area contributed by atoms with Crippen LogP contribution in [0.5, 0.6) is 0 Å². The standard InChI is InChI=1S/C46H37N3/c1-3-5-22-37-36-26-13-16-30-41(36)46(39-28-14-11-24-34(39)35-25-12-15-29-40(35)46)43(37)42(4-2)48-45(49-44(47)32-19-7-6-8-20-32)38-27-17-21-31-18-9-10-23-33(31)38/h3,5-30H,4H2,1-2H3,(H2,47,48,49)/b5-3-,37-22-,43-42+. The molecule has 1 spiro atoms. The van der Waals surface area contributed by atoms with E-state index < -0.39 is 5.41 Å². The summed E-state index contributed by atoms with van der Waals surface area (Å²) in [4.78, 5) is 10.8. The highest BCUT2D eigenvalue weighted by atomic mass is 15.0. The van der Waals surface area contributed by atoms with Gasteiger partial charge in [0.2, 0.25) is 0 Å². The van der Waals surface area contributed by atoms with Gasteiger partial charge in [-0.05, 0) is 63.1 Å². The number of aliphatic imine (C=N–C) groups is 2. The molecule has 2 N–H and O–H groups in total. The maximum absolute atomic E-state index is 6.78. The van der Waals surface area contributed by atoms with Crippen molar-refractivity contribution in [2.24, 2.45) is 15.7 Å². The lowest BCUT2D eigenvalue weighted by Gasteiger charge is -2.32. The van der Waals surface area contributed by atoms with Gasteiger partial charge >= 0.3 is 0 Å². The molecule has 0 aromatic heterocycles. The van der Waals surface area contributed by atoms with Crippen molar-refractivity contribution in [3.8, 4) is 11.1 Å². The topological polar surface area (TPSA) is 50.7 Å². The predicted octanol–water partition coefficient (Wildman–Crippen LogP) is 10.6. The first-order chi connectivity index (χ1) is 24.2. The summed E-state index contributed by atoms with van der Waals surface area (Å²) in [7, 11) is 0. The summed E-state index contributed by atoms with van der Waals surface area (Å²) >= 11 is 0. The summed E-state index contributed by atoms with van der Waals surface area (Å²) in [5.41, 5.74) is 19.0. The number of rotatable bonds is 5. The molecule has 0 heterocycles. The molecule has 0 aliphatic heterocycles. The van der Waals surface area contributed by atoms with E-state index in [1.165, 1.54) is 44.5 Å². The smallest absolute Gasteiger partial charge is 0.162 e. The highest BCUT2D eigenvalue weighted by Gasteiger charge is 2.54. The molecule has 6 aromatic carbocycles. The van der Waals surface area contributed by atoms with Crippen molar-refractivity contribution >= 4 is 28.0 Å². The van der Waals surface area contributed by atoms with Gasteiger partial charge in [-0.3, -0.25) is 0 Å². The molecular weight excluding hydrogens is 595 g/mol. The van der Waals surface area contributed by atoms with Crippen LogP contribution in [0.15, 0.2) is 185 Å². The largest absolute Gasteiger partial charge is 0.383 e. The minimum atomic E-state index is -0.551. The SMILES string of the molecule is C\C=C/C=C1\C(=C(CC)/N=C(\N=C(/N)c2ccccc2)c2cccc3ccccc23)C2(c3ccccc31)c1ccccc1-c1ccccc12. The van der Waals surface area contributed by atoms with Crippen molar-refractivity contribution < 1.29 is 0 Å². The van der Waals surface area contributed by atoms with Crippen molar-refractivity contribution in [3.63, 3.8) is 0 Å². The van der Waals surface area contributed by atoms with Crippen molar-refractivity contribution in [1.82, 2.24) is 0 Å². The molecule has 236 valence electrons. The van der Waals surface area contributed by atoms with Crippen LogP contribution in [-0.4, -0.2) is 11.7 Å². The number of amidine groups is 2. The van der Waals surface area contributed by atoms with Gasteiger partial charge in [-0.1, -0.05) is 171 Å². The Morgan fingerprint density at radius 1 is 0.633 bits per heavy atom. The average Bonchev–Trinajstić information content (AvgIpc) is 3.62. The first-order valence-electron chi connectivity index (χ1n) is 17.0. The van der Waals surface area contributed by atoms with Gasteiger partial charge in [0.05, 0.1) is 5.41 Å². The summed E-state index contributed by atoms with van der Waals surface area (Å²) in [6.07, 6.45) is 7.19. The molecular formula is C46H37N3. The van der Waals surface area contributed by atoms with Crippen LogP contribution in [0, 0.1) is 0 Å². The average molecular weight is 632 g/mol. The molecule has 0 amide bonds. The Morgan fingerprint density at radius 2 is 1.20 bits per heavy atom. The molecule has 49 heavy (non-hydrogen) atoms. The third-order valence-electron chi connectivity index (χ3n) is 9.86. The van der Waals surface area contributed by atoms with E-state index in [-0.39, 0.29) is 0 Å². The van der Waals surface area contributed by atoms with Gasteiger partial charge in [-0.15, -0.1) is 0 Å². The number of benzene rings is 6. The lowest BCUT2D eigenvalue weighted by atomic mass is 9.69. The van der Waals surface area contributed by atoms with Crippen LogP contribution in [0.25, 0.3) is 27.5 Å². The number of allylic oxidation sites excluding steroid dienone is 6. The van der Waals surface area contributed by atoms with Crippen LogP contribution >= 0.6 is 0 Å². The molecule has 0 atom stereocenters. The molecule has 0 saturated carbocycles. The number of hydrogen-bond acceptors (Lipinski definition) is 1. The minimum absolute atomic E-state index is 0.429. The zero-order valence-electron chi connectivity index (χ0n) is 27.8. The van der Waals surface area contributed by atoms with Gasteiger partial charge in [0.1, 0.15) is 5.84 Å². The molecule has 2 aliphatic carbocycles. The van der Waals surface area contributed by atoms with Gasteiger partial charge in [0, 0.05) is 22.4 Å². The lowest BCUT2D eigenvalue weighted by Crippen LogP contribution is -2.27. The highest BCUT2D eigenvalue weighted by Crippen LogP contribution is 2.64. The van der Waals surface area contributed by atoms with Crippen LogP contribution in [0.4, 0.5) is 0 Å². The second-order valence-corrected chi connectivity index (χ2v) is 12.5. The Morgan fingerprint density at radius 3 is 1.88 bits per heavy atom. The molecule has 0 radical (unpaired) electrons. The maximum Gasteiger partial charge on any atom is 0.162 e. The molecule has 8 rings (SSSR count). The fourth-order valence-corrected chi connectivity index (χ4v) is 7.84. The summed E-state index contributed by atoms with van der Waals surface area (Å²) < 4.78 is 0. The van der Waals surface area contributed by atoms with Crippen molar-refractivity contribution in [3.05, 3.63) is 208 Å². The second kappa shape index (κ2) is 12.5. The lowest BCUT2D eigenvalue weighted by molar-refractivity contribution is 0.773. The van der Waals surface area contributed by atoms with E-state index in [9.17, 15) is 0 Å². The van der Waals surface area contributed by atoms with Gasteiger partial charge in [0.15, 0.2) is 5.84 Å². The van der Waals surface area contributed by atoms with E-state index in [0.717, 1.165) is 27.6 Å². The van der Waals surface area contributed by atoms with Gasteiger partial charge in [0.25, 0.3) is 0 Å². The molecule has 3 nitrogen and oxygen atoms in total. The second-order valence-electron chi connectivity index (χ2n) is 12.5. The summed E-state index contributed by atoms with van der Waals surface area (Å²) in [6, 6.07) is 51.3. The number of fused-ring (bicyclic) bond motifs is 8. The molecule has 0 fully saturated rings. The van der Waals surface area contributed by atoms with Crippen LogP contribution in [0.2, 0.25) is 0 Å². The van der Waals surface area contributed by atoms with Crippen molar-refractivity contribution in [1.29, 1.82) is 0 Å². The van der Waals surface area contributed by atoms with Gasteiger partial charge in [-0.2, -0.15) is 0 Å². The van der Waals surface area contributed by atoms with Crippen molar-refractivity contribution in [2.45, 2.75) is 25.7 Å². The zero-order chi connectivity index (χ0) is 33.4. The molecule has 6 aromatic rings. The highest BCUT2D eigenvalue weighted by molar-refractivity contribution is 6.16. The summed E-state index contributed by atoms with van der Waals surface area (Å²) in [5, 5.41) is 2.21. The number of hydrogen-bond donors (Lipinski definition) is 1. The molecule has 0 unspecified atom stereocenters. The van der Waals surface area contributed by atoms with E-state index in [1.54, 1.807) is 0 Å². The Bertz CT molecular complexity index is 2340. The maximum atomic E-state index is 6.78. The zero-order valence-corrected chi connectivity index (χ0v) is 27.8. The molecule has 0 saturated heterocycles. The molecule has 2 aliphatic rings. The number of nitrogens with zero attached hydrogens (tertiary/aromatic N) is 2. The Hall–Kier alpha value is -6.06. The van der Waals surface area contributed by atoms with Crippen LogP contribution in [0.3, 0.4) is 0 Å². The Balaban J connectivity index is 1.51. The third kappa shape index (κ3) is 4.81. The van der Waals surface area contributed by atoms with E-state index in [2.05, 4.69) is 147 Å². The number of nitrogens with two attached hydrogens (primary N) is 1. The third-order valence-corrected chi connectivity index (χ3v) is 9.86. The summed E-state index contributed by atoms with van der Waals surface area (Å²) in [6.45, 7) is 4.27. The first kappa shape index (κ1) is 30.3. The van der Waals surface area contributed by atoms with E-state index in [1.807, 2.05) is 30.3 Å². The van der Waals surface area contributed by atoms with Crippen molar-refractivity contribution in [2.75, 3.05) is 0 Å². The normalized spacial score (nSPS) is 16.7. The van der Waals surface area contributed by atoms with E-state index >= 15 is 0 Å². The monoisotopic (exact) mass is 631 g/mol. The van der Waals surface area contributed by atoms with Crippen LogP contribution in [-0.2, 0) is 5.41 Å². The quantitative estimate of drug-likeness (QED) is 0.149.